The van der Waals surface area contributed by atoms with Crippen molar-refractivity contribution in [3.63, 3.8) is 0 Å². The maximum Gasteiger partial charge on any atom is 0.258 e. The maximum absolute atomic E-state index is 12.1. The molecule has 1 fully saturated rings. The van der Waals surface area contributed by atoms with Gasteiger partial charge in [0, 0.05) is 18.1 Å². The van der Waals surface area contributed by atoms with E-state index < -0.39 is 0 Å². The first-order chi connectivity index (χ1) is 9.61. The summed E-state index contributed by atoms with van der Waals surface area (Å²) in [6.45, 7) is 5.09. The van der Waals surface area contributed by atoms with Gasteiger partial charge in [0.1, 0.15) is 5.82 Å². The van der Waals surface area contributed by atoms with Gasteiger partial charge in [-0.15, -0.1) is 0 Å². The number of fused-ring (bicyclic) bond motifs is 1. The second-order valence-electron chi connectivity index (χ2n) is 5.09. The Bertz CT molecular complexity index is 686. The van der Waals surface area contributed by atoms with Crippen molar-refractivity contribution >= 4 is 22.5 Å². The zero-order valence-electron chi connectivity index (χ0n) is 11.2. The van der Waals surface area contributed by atoms with Crippen LogP contribution in [0.25, 0.3) is 10.9 Å². The lowest BCUT2D eigenvalue weighted by Gasteiger charge is -2.30. The van der Waals surface area contributed by atoms with Crippen LogP contribution in [-0.2, 0) is 11.3 Å². The number of morpholine rings is 1. The van der Waals surface area contributed by atoms with E-state index in [0.29, 0.717) is 34.9 Å². The van der Waals surface area contributed by atoms with Crippen molar-refractivity contribution < 1.29 is 4.74 Å². The highest BCUT2D eigenvalue weighted by Gasteiger charge is 2.17. The molecule has 0 unspecified atom stereocenters. The highest BCUT2D eigenvalue weighted by atomic mass is 35.5. The Labute approximate surface area is 121 Å². The summed E-state index contributed by atoms with van der Waals surface area (Å²) in [6, 6.07) is 5.17. The van der Waals surface area contributed by atoms with Crippen LogP contribution in [0.1, 0.15) is 12.7 Å². The Morgan fingerprint density at radius 2 is 2.40 bits per heavy atom. The molecule has 2 aromatic rings. The molecule has 0 saturated carbocycles. The number of benzene rings is 1. The monoisotopic (exact) mass is 293 g/mol. The fourth-order valence-corrected chi connectivity index (χ4v) is 2.65. The highest BCUT2D eigenvalue weighted by molar-refractivity contribution is 6.31. The molecule has 106 valence electrons. The Morgan fingerprint density at radius 1 is 1.55 bits per heavy atom. The van der Waals surface area contributed by atoms with E-state index in [1.165, 1.54) is 0 Å². The number of aromatic amines is 1. The molecule has 1 aliphatic rings. The summed E-state index contributed by atoms with van der Waals surface area (Å²) in [4.78, 5) is 21.6. The van der Waals surface area contributed by atoms with Crippen molar-refractivity contribution in [3.05, 3.63) is 39.4 Å². The lowest BCUT2D eigenvalue weighted by atomic mass is 10.2. The number of nitrogens with one attached hydrogen (secondary N) is 1. The van der Waals surface area contributed by atoms with Crippen LogP contribution in [-0.4, -0.2) is 40.7 Å². The fraction of sp³-hybridized carbons (Fsp3) is 0.429. The molecule has 2 heterocycles. The predicted molar refractivity (Wildman–Crippen MR) is 78.1 cm³/mol. The minimum absolute atomic E-state index is 0.145. The van der Waals surface area contributed by atoms with Crippen LogP contribution in [0.5, 0.6) is 0 Å². The zero-order chi connectivity index (χ0) is 14.1. The molecule has 1 N–H and O–H groups in total. The standard InChI is InChI=1S/C14H16ClN3O2/c1-9-7-18(4-5-20-9)8-13-16-12-3-2-10(15)6-11(12)14(19)17-13/h2-3,6,9H,4-5,7-8H2,1H3,(H,16,17,19)/t9-/m1/s1. The average Bonchev–Trinajstić information content (AvgIpc) is 2.40. The molecule has 1 aliphatic heterocycles. The van der Waals surface area contributed by atoms with E-state index >= 15 is 0 Å². The first-order valence-corrected chi connectivity index (χ1v) is 7.02. The molecule has 6 heteroatoms. The van der Waals surface area contributed by atoms with Gasteiger partial charge in [-0.05, 0) is 25.1 Å². The molecule has 0 spiro atoms. The quantitative estimate of drug-likeness (QED) is 0.917. The molecule has 0 bridgehead atoms. The third-order valence-corrected chi connectivity index (χ3v) is 3.65. The Morgan fingerprint density at radius 3 is 3.20 bits per heavy atom. The van der Waals surface area contributed by atoms with Crippen LogP contribution in [0, 0.1) is 0 Å². The fourth-order valence-electron chi connectivity index (χ4n) is 2.48. The zero-order valence-corrected chi connectivity index (χ0v) is 12.0. The molecule has 1 saturated heterocycles. The van der Waals surface area contributed by atoms with Crippen LogP contribution < -0.4 is 5.56 Å². The van der Waals surface area contributed by atoms with E-state index in [4.69, 9.17) is 16.3 Å². The maximum atomic E-state index is 12.1. The second-order valence-corrected chi connectivity index (χ2v) is 5.53. The van der Waals surface area contributed by atoms with Gasteiger partial charge in [-0.1, -0.05) is 11.6 Å². The number of rotatable bonds is 2. The van der Waals surface area contributed by atoms with E-state index in [2.05, 4.69) is 14.9 Å². The van der Waals surface area contributed by atoms with Gasteiger partial charge < -0.3 is 9.72 Å². The lowest BCUT2D eigenvalue weighted by Crippen LogP contribution is -2.41. The first kappa shape index (κ1) is 13.5. The Hall–Kier alpha value is -1.43. The predicted octanol–water partition coefficient (Wildman–Crippen LogP) is 1.80. The van der Waals surface area contributed by atoms with E-state index in [9.17, 15) is 4.79 Å². The molecule has 20 heavy (non-hydrogen) atoms. The van der Waals surface area contributed by atoms with Gasteiger partial charge in [0.05, 0.1) is 30.2 Å². The first-order valence-electron chi connectivity index (χ1n) is 6.64. The van der Waals surface area contributed by atoms with Crippen LogP contribution in [0.15, 0.2) is 23.0 Å². The molecular formula is C14H16ClN3O2. The number of ether oxygens (including phenoxy) is 1. The number of hydrogen-bond acceptors (Lipinski definition) is 4. The van der Waals surface area contributed by atoms with Crippen LogP contribution in [0.3, 0.4) is 0 Å². The largest absolute Gasteiger partial charge is 0.376 e. The minimum Gasteiger partial charge on any atom is -0.376 e. The van der Waals surface area contributed by atoms with E-state index in [1.54, 1.807) is 18.2 Å². The summed E-state index contributed by atoms with van der Waals surface area (Å²) in [5.41, 5.74) is 0.531. The summed E-state index contributed by atoms with van der Waals surface area (Å²) in [5, 5.41) is 1.07. The van der Waals surface area contributed by atoms with Gasteiger partial charge in [-0.2, -0.15) is 0 Å². The Kier molecular flexibility index (Phi) is 3.74. The molecular weight excluding hydrogens is 278 g/mol. The lowest BCUT2D eigenvalue weighted by molar-refractivity contribution is -0.0219. The molecule has 1 aromatic carbocycles. The Balaban J connectivity index is 1.89. The summed E-state index contributed by atoms with van der Waals surface area (Å²) in [6.07, 6.45) is 0.217. The van der Waals surface area contributed by atoms with Crippen LogP contribution in [0.4, 0.5) is 0 Å². The van der Waals surface area contributed by atoms with Gasteiger partial charge in [-0.3, -0.25) is 9.69 Å². The van der Waals surface area contributed by atoms with Gasteiger partial charge in [-0.25, -0.2) is 4.98 Å². The smallest absolute Gasteiger partial charge is 0.258 e. The van der Waals surface area contributed by atoms with Crippen LogP contribution >= 0.6 is 11.6 Å². The second kappa shape index (κ2) is 5.52. The SMILES string of the molecule is C[C@@H]1CN(Cc2nc3ccc(Cl)cc3c(=O)[nH]2)CCO1. The summed E-state index contributed by atoms with van der Waals surface area (Å²) >= 11 is 5.90. The summed E-state index contributed by atoms with van der Waals surface area (Å²) < 4.78 is 5.50. The minimum atomic E-state index is -0.145. The molecule has 0 aliphatic carbocycles. The number of H-pyrrole nitrogens is 1. The van der Waals surface area contributed by atoms with E-state index in [-0.39, 0.29) is 11.7 Å². The topological polar surface area (TPSA) is 58.2 Å². The number of aromatic nitrogens is 2. The van der Waals surface area contributed by atoms with Crippen molar-refractivity contribution in [2.45, 2.75) is 19.6 Å². The summed E-state index contributed by atoms with van der Waals surface area (Å²) in [5.74, 6) is 0.680. The van der Waals surface area contributed by atoms with Gasteiger partial charge >= 0.3 is 0 Å². The third-order valence-electron chi connectivity index (χ3n) is 3.42. The van der Waals surface area contributed by atoms with Crippen molar-refractivity contribution in [2.24, 2.45) is 0 Å². The van der Waals surface area contributed by atoms with Crippen molar-refractivity contribution in [1.82, 2.24) is 14.9 Å². The van der Waals surface area contributed by atoms with Gasteiger partial charge in [0.2, 0.25) is 0 Å². The molecule has 1 aromatic heterocycles. The van der Waals surface area contributed by atoms with E-state index in [0.717, 1.165) is 13.1 Å². The van der Waals surface area contributed by atoms with Crippen molar-refractivity contribution in [3.8, 4) is 0 Å². The number of halogens is 1. The highest BCUT2D eigenvalue weighted by Crippen LogP contribution is 2.15. The van der Waals surface area contributed by atoms with Gasteiger partial charge in [0.25, 0.3) is 5.56 Å². The average molecular weight is 294 g/mol. The van der Waals surface area contributed by atoms with Gasteiger partial charge in [0.15, 0.2) is 0 Å². The van der Waals surface area contributed by atoms with E-state index in [1.807, 2.05) is 6.92 Å². The molecule has 0 amide bonds. The van der Waals surface area contributed by atoms with Crippen molar-refractivity contribution in [1.29, 1.82) is 0 Å². The molecule has 5 nitrogen and oxygen atoms in total. The summed E-state index contributed by atoms with van der Waals surface area (Å²) in [7, 11) is 0. The number of nitrogens with zero attached hydrogens (tertiary/aromatic N) is 2. The number of hydrogen-bond donors (Lipinski definition) is 1. The normalized spacial score (nSPS) is 20.4. The third kappa shape index (κ3) is 2.85. The van der Waals surface area contributed by atoms with Crippen molar-refractivity contribution in [2.75, 3.05) is 19.7 Å². The molecule has 3 rings (SSSR count). The molecule has 1 atom stereocenters. The van der Waals surface area contributed by atoms with Crippen LogP contribution in [0.2, 0.25) is 5.02 Å². The molecule has 0 radical (unpaired) electrons.